The largest absolute Gasteiger partial charge is 0.461 e. The number of aryl methyl sites for hydroxylation is 1. The quantitative estimate of drug-likeness (QED) is 0.0582. The summed E-state index contributed by atoms with van der Waals surface area (Å²) in [5.41, 5.74) is 6.46. The fraction of sp³-hybridized carbons (Fsp3) is 0.208. The summed E-state index contributed by atoms with van der Waals surface area (Å²) < 4.78 is 9.35. The maximum Gasteiger partial charge on any atom is 0.358 e. The Balaban J connectivity index is 1.32. The van der Waals surface area contributed by atoms with Crippen LogP contribution in [0.25, 0.3) is 22.5 Å². The van der Waals surface area contributed by atoms with Crippen LogP contribution in [0.5, 0.6) is 0 Å². The molecule has 5 aromatic carbocycles. The first kappa shape index (κ1) is 39.3. The number of ether oxygens (including phenoxy) is 1. The van der Waals surface area contributed by atoms with Crippen LogP contribution in [-0.4, -0.2) is 55.3 Å². The van der Waals surface area contributed by atoms with Gasteiger partial charge in [-0.1, -0.05) is 159 Å². The Hall–Kier alpha value is -6.94. The van der Waals surface area contributed by atoms with E-state index < -0.39 is 11.5 Å². The van der Waals surface area contributed by atoms with Crippen LogP contribution in [-0.2, 0) is 28.0 Å². The van der Waals surface area contributed by atoms with Crippen molar-refractivity contribution in [1.29, 1.82) is 0 Å². The van der Waals surface area contributed by atoms with Gasteiger partial charge in [-0.2, -0.15) is 0 Å². The highest BCUT2D eigenvalue weighted by Gasteiger charge is 2.42. The van der Waals surface area contributed by atoms with Crippen molar-refractivity contribution in [3.63, 3.8) is 0 Å². The summed E-state index contributed by atoms with van der Waals surface area (Å²) in [5.74, 6) is 0.727. The number of tetrazole rings is 1. The Bertz CT molecular complexity index is 2410. The average Bonchev–Trinajstić information content (AvgIpc) is 3.90. The van der Waals surface area contributed by atoms with Gasteiger partial charge in [0.2, 0.25) is 0 Å². The molecular weight excluding hydrogens is 723 g/mol. The molecule has 7 rings (SSSR count). The second-order valence-electron chi connectivity index (χ2n) is 14.2. The highest BCUT2D eigenvalue weighted by Crippen LogP contribution is 2.43. The van der Waals surface area contributed by atoms with Gasteiger partial charge in [-0.3, -0.25) is 9.69 Å². The number of likely N-dealkylation sites (N-methyl/N-ethyl adjacent to an activating group) is 1. The van der Waals surface area contributed by atoms with Gasteiger partial charge in [0, 0.05) is 31.1 Å². The SMILES string of the molecule is C=C(C)C(=O)N(C)c1nc(CCCC)n(Cc2ccc(-c3ccccc3-c3nnnn3C(c3ccccc3)(c3ccccc3)c3ccccc3)cc2)c1C(=O)OCC. The molecule has 0 atom stereocenters. The lowest BCUT2D eigenvalue weighted by Gasteiger charge is -2.36. The van der Waals surface area contributed by atoms with E-state index in [1.165, 1.54) is 4.90 Å². The second kappa shape index (κ2) is 17.5. The highest BCUT2D eigenvalue weighted by atomic mass is 16.5. The van der Waals surface area contributed by atoms with E-state index in [2.05, 4.69) is 91.5 Å². The van der Waals surface area contributed by atoms with Crippen molar-refractivity contribution in [2.75, 3.05) is 18.6 Å². The van der Waals surface area contributed by atoms with E-state index in [-0.39, 0.29) is 24.0 Å². The van der Waals surface area contributed by atoms with E-state index in [0.717, 1.165) is 51.8 Å². The summed E-state index contributed by atoms with van der Waals surface area (Å²) in [4.78, 5) is 32.9. The Kier molecular flexibility index (Phi) is 11.8. The molecule has 2 aromatic heterocycles. The van der Waals surface area contributed by atoms with Gasteiger partial charge in [-0.05, 0) is 64.1 Å². The highest BCUT2D eigenvalue weighted by molar-refractivity contribution is 6.07. The Labute approximate surface area is 339 Å². The summed E-state index contributed by atoms with van der Waals surface area (Å²) in [7, 11) is 1.61. The predicted octanol–water partition coefficient (Wildman–Crippen LogP) is 9.15. The first-order valence-corrected chi connectivity index (χ1v) is 19.6. The third-order valence-electron chi connectivity index (χ3n) is 10.4. The van der Waals surface area contributed by atoms with Crippen LogP contribution in [0.1, 0.15) is 72.2 Å². The molecule has 0 unspecified atom stereocenters. The molecule has 7 aromatic rings. The minimum absolute atomic E-state index is 0.187. The van der Waals surface area contributed by atoms with Gasteiger partial charge in [0.1, 0.15) is 11.4 Å². The number of unbranched alkanes of at least 4 members (excludes halogenated alkanes) is 1. The van der Waals surface area contributed by atoms with Crippen LogP contribution < -0.4 is 4.90 Å². The molecule has 0 saturated heterocycles. The number of hydrogen-bond donors (Lipinski definition) is 0. The van der Waals surface area contributed by atoms with Gasteiger partial charge in [0.25, 0.3) is 5.91 Å². The molecule has 58 heavy (non-hydrogen) atoms. The number of nitrogens with zero attached hydrogens (tertiary/aromatic N) is 7. The zero-order valence-corrected chi connectivity index (χ0v) is 33.4. The molecule has 0 saturated carbocycles. The molecule has 0 aliphatic carbocycles. The number of hydrogen-bond acceptors (Lipinski definition) is 7. The lowest BCUT2D eigenvalue weighted by atomic mass is 9.77. The molecular formula is C48H47N7O3. The van der Waals surface area contributed by atoms with Crippen LogP contribution in [0, 0.1) is 0 Å². The van der Waals surface area contributed by atoms with Crippen molar-refractivity contribution < 1.29 is 14.3 Å². The van der Waals surface area contributed by atoms with Gasteiger partial charge >= 0.3 is 5.97 Å². The topological polar surface area (TPSA) is 108 Å². The fourth-order valence-corrected chi connectivity index (χ4v) is 7.59. The molecule has 0 bridgehead atoms. The summed E-state index contributed by atoms with van der Waals surface area (Å²) in [6.07, 6.45) is 2.44. The molecule has 0 N–H and O–H groups in total. The maximum absolute atomic E-state index is 13.6. The van der Waals surface area contributed by atoms with Crippen molar-refractivity contribution in [2.24, 2.45) is 0 Å². The smallest absolute Gasteiger partial charge is 0.358 e. The second-order valence-corrected chi connectivity index (χ2v) is 14.2. The van der Waals surface area contributed by atoms with Crippen LogP contribution in [0.3, 0.4) is 0 Å². The van der Waals surface area contributed by atoms with Crippen molar-refractivity contribution >= 4 is 17.7 Å². The number of benzene rings is 5. The Morgan fingerprint density at radius 3 is 1.84 bits per heavy atom. The number of imidazole rings is 1. The fourth-order valence-electron chi connectivity index (χ4n) is 7.59. The van der Waals surface area contributed by atoms with E-state index in [1.807, 2.05) is 76.0 Å². The monoisotopic (exact) mass is 769 g/mol. The molecule has 0 aliphatic heterocycles. The number of carbonyl (C=O) groups excluding carboxylic acids is 2. The summed E-state index contributed by atoms with van der Waals surface area (Å²) in [5, 5.41) is 13.8. The number of carbonyl (C=O) groups is 2. The molecule has 0 spiro atoms. The zero-order chi connectivity index (χ0) is 40.6. The van der Waals surface area contributed by atoms with Gasteiger partial charge in [-0.15, -0.1) is 5.10 Å². The molecule has 1 amide bonds. The number of aromatic nitrogens is 6. The molecule has 0 aliphatic rings. The minimum Gasteiger partial charge on any atom is -0.461 e. The first-order chi connectivity index (χ1) is 28.3. The molecule has 0 fully saturated rings. The van der Waals surface area contributed by atoms with E-state index in [4.69, 9.17) is 20.0 Å². The van der Waals surface area contributed by atoms with E-state index in [1.54, 1.807) is 20.9 Å². The molecule has 10 nitrogen and oxygen atoms in total. The van der Waals surface area contributed by atoms with Gasteiger partial charge in [0.15, 0.2) is 17.3 Å². The normalized spacial score (nSPS) is 11.3. The molecule has 0 radical (unpaired) electrons. The van der Waals surface area contributed by atoms with Gasteiger partial charge in [-0.25, -0.2) is 14.5 Å². The summed E-state index contributed by atoms with van der Waals surface area (Å²) in [6, 6.07) is 47.5. The number of rotatable bonds is 15. The molecule has 10 heteroatoms. The predicted molar refractivity (Wildman–Crippen MR) is 227 cm³/mol. The third kappa shape index (κ3) is 7.48. The third-order valence-corrected chi connectivity index (χ3v) is 10.4. The average molecular weight is 770 g/mol. The standard InChI is InChI=1S/C48H47N7O3/c1-6-8-28-42-49-45(53(5)46(56)34(3)4)43(47(57)58-7-2)54(42)33-35-29-31-36(32-30-35)40-26-18-19-27-41(40)44-50-51-52-55(44)48(37-20-12-9-13-21-37,38-22-14-10-15-23-38)39-24-16-11-17-25-39/h9-27,29-32H,3,6-8,28,33H2,1-2,4-5H3. The Morgan fingerprint density at radius 1 is 0.759 bits per heavy atom. The summed E-state index contributed by atoms with van der Waals surface area (Å²) in [6.45, 7) is 9.87. The van der Waals surface area contributed by atoms with E-state index >= 15 is 0 Å². The Morgan fingerprint density at radius 2 is 1.31 bits per heavy atom. The van der Waals surface area contributed by atoms with Crippen LogP contribution >= 0.6 is 0 Å². The van der Waals surface area contributed by atoms with Crippen LogP contribution in [0.4, 0.5) is 5.82 Å². The van der Waals surface area contributed by atoms with Crippen LogP contribution in [0.2, 0.25) is 0 Å². The van der Waals surface area contributed by atoms with E-state index in [0.29, 0.717) is 30.2 Å². The zero-order valence-electron chi connectivity index (χ0n) is 33.4. The van der Waals surface area contributed by atoms with Crippen molar-refractivity contribution in [2.45, 2.75) is 52.1 Å². The molecule has 2 heterocycles. The lowest BCUT2D eigenvalue weighted by molar-refractivity contribution is -0.114. The van der Waals surface area contributed by atoms with Gasteiger partial charge < -0.3 is 9.30 Å². The van der Waals surface area contributed by atoms with Crippen molar-refractivity contribution in [1.82, 2.24) is 29.8 Å². The number of amides is 1. The lowest BCUT2D eigenvalue weighted by Crippen LogP contribution is -2.39. The first-order valence-electron chi connectivity index (χ1n) is 19.6. The van der Waals surface area contributed by atoms with Crippen molar-refractivity contribution in [3.8, 4) is 22.5 Å². The number of anilines is 1. The molecule has 292 valence electrons. The minimum atomic E-state index is -0.904. The van der Waals surface area contributed by atoms with Crippen molar-refractivity contribution in [3.05, 3.63) is 185 Å². The van der Waals surface area contributed by atoms with Crippen LogP contribution in [0.15, 0.2) is 152 Å². The maximum atomic E-state index is 13.6. The number of esters is 1. The van der Waals surface area contributed by atoms with E-state index in [9.17, 15) is 9.59 Å². The summed E-state index contributed by atoms with van der Waals surface area (Å²) >= 11 is 0. The van der Waals surface area contributed by atoms with Gasteiger partial charge in [0.05, 0.1) is 6.61 Å².